The normalized spacial score (nSPS) is 11.2. The Morgan fingerprint density at radius 1 is 1.45 bits per heavy atom. The SMILES string of the molecule is CCNC(C)(C)C(=O)Nc1cc([N+](=O)[O-])c(C)cc1Br. The van der Waals surface area contributed by atoms with Gasteiger partial charge < -0.3 is 10.6 Å². The number of rotatable bonds is 5. The lowest BCUT2D eigenvalue weighted by atomic mass is 10.0. The molecular formula is C13H18BrN3O3. The first-order valence-electron chi connectivity index (χ1n) is 6.20. The Morgan fingerprint density at radius 2 is 2.05 bits per heavy atom. The molecule has 1 aromatic rings. The summed E-state index contributed by atoms with van der Waals surface area (Å²) < 4.78 is 0.612. The third kappa shape index (κ3) is 3.77. The van der Waals surface area contributed by atoms with Gasteiger partial charge in [0, 0.05) is 16.1 Å². The molecular weight excluding hydrogens is 326 g/mol. The summed E-state index contributed by atoms with van der Waals surface area (Å²) >= 11 is 3.31. The van der Waals surface area contributed by atoms with E-state index in [1.807, 2.05) is 6.92 Å². The molecule has 0 saturated carbocycles. The maximum absolute atomic E-state index is 12.2. The molecule has 2 N–H and O–H groups in total. The van der Waals surface area contributed by atoms with E-state index in [1.165, 1.54) is 6.07 Å². The minimum Gasteiger partial charge on any atom is -0.323 e. The minimum absolute atomic E-state index is 0.0234. The van der Waals surface area contributed by atoms with Crippen LogP contribution in [0.1, 0.15) is 26.3 Å². The molecule has 6 nitrogen and oxygen atoms in total. The van der Waals surface area contributed by atoms with Crippen molar-refractivity contribution in [3.8, 4) is 0 Å². The average Bonchev–Trinajstić information content (AvgIpc) is 2.31. The van der Waals surface area contributed by atoms with Crippen molar-refractivity contribution in [2.45, 2.75) is 33.2 Å². The van der Waals surface area contributed by atoms with Crippen LogP contribution in [0.2, 0.25) is 0 Å². The molecule has 20 heavy (non-hydrogen) atoms. The second-order valence-corrected chi connectivity index (χ2v) is 5.84. The van der Waals surface area contributed by atoms with Crippen molar-refractivity contribution in [3.05, 3.63) is 32.3 Å². The van der Waals surface area contributed by atoms with E-state index in [1.54, 1.807) is 26.8 Å². The van der Waals surface area contributed by atoms with Crippen LogP contribution < -0.4 is 10.6 Å². The van der Waals surface area contributed by atoms with Gasteiger partial charge in [0.1, 0.15) is 0 Å². The molecule has 7 heteroatoms. The van der Waals surface area contributed by atoms with Gasteiger partial charge in [-0.1, -0.05) is 6.92 Å². The summed E-state index contributed by atoms with van der Waals surface area (Å²) in [6, 6.07) is 2.98. The summed E-state index contributed by atoms with van der Waals surface area (Å²) in [5, 5.41) is 16.7. The standard InChI is InChI=1S/C13H18BrN3O3/c1-5-15-13(3,4)12(18)16-10-7-11(17(19)20)8(2)6-9(10)14/h6-7,15H,5H2,1-4H3,(H,16,18). The van der Waals surface area contributed by atoms with Crippen molar-refractivity contribution in [2.75, 3.05) is 11.9 Å². The number of hydrogen-bond donors (Lipinski definition) is 2. The summed E-state index contributed by atoms with van der Waals surface area (Å²) in [6.07, 6.45) is 0. The van der Waals surface area contributed by atoms with Crippen LogP contribution in [0.4, 0.5) is 11.4 Å². The minimum atomic E-state index is -0.756. The molecule has 1 rings (SSSR count). The zero-order valence-corrected chi connectivity index (χ0v) is 13.5. The van der Waals surface area contributed by atoms with Gasteiger partial charge in [-0.2, -0.15) is 0 Å². The average molecular weight is 344 g/mol. The third-order valence-corrected chi connectivity index (χ3v) is 3.57. The van der Waals surface area contributed by atoms with E-state index < -0.39 is 10.5 Å². The molecule has 0 unspecified atom stereocenters. The Bertz CT molecular complexity index is 544. The molecule has 0 fully saturated rings. The number of nitrogens with zero attached hydrogens (tertiary/aromatic N) is 1. The fourth-order valence-electron chi connectivity index (χ4n) is 1.75. The molecule has 0 atom stereocenters. The number of benzene rings is 1. The van der Waals surface area contributed by atoms with Gasteiger partial charge in [-0.05, 0) is 49.3 Å². The van der Waals surface area contributed by atoms with Gasteiger partial charge in [0.15, 0.2) is 0 Å². The van der Waals surface area contributed by atoms with Crippen molar-refractivity contribution in [1.29, 1.82) is 0 Å². The number of amides is 1. The smallest absolute Gasteiger partial charge is 0.274 e. The number of carbonyl (C=O) groups is 1. The fraction of sp³-hybridized carbons (Fsp3) is 0.462. The number of carbonyl (C=O) groups excluding carboxylic acids is 1. The molecule has 1 amide bonds. The van der Waals surface area contributed by atoms with Crippen LogP contribution >= 0.6 is 15.9 Å². The Balaban J connectivity index is 3.07. The zero-order valence-electron chi connectivity index (χ0n) is 11.9. The van der Waals surface area contributed by atoms with Crippen molar-refractivity contribution < 1.29 is 9.72 Å². The third-order valence-electron chi connectivity index (χ3n) is 2.92. The van der Waals surface area contributed by atoms with Crippen LogP contribution in [0.3, 0.4) is 0 Å². The molecule has 0 aromatic heterocycles. The van der Waals surface area contributed by atoms with E-state index in [2.05, 4.69) is 26.6 Å². The molecule has 110 valence electrons. The van der Waals surface area contributed by atoms with Crippen molar-refractivity contribution in [1.82, 2.24) is 5.32 Å². The van der Waals surface area contributed by atoms with Gasteiger partial charge >= 0.3 is 0 Å². The molecule has 0 saturated heterocycles. The van der Waals surface area contributed by atoms with Gasteiger partial charge in [0.2, 0.25) is 5.91 Å². The summed E-state index contributed by atoms with van der Waals surface area (Å²) in [5.41, 5.74) is 0.141. The predicted octanol–water partition coefficient (Wildman–Crippen LogP) is 2.99. The number of nitro benzene ring substituents is 1. The van der Waals surface area contributed by atoms with Crippen molar-refractivity contribution in [2.24, 2.45) is 0 Å². The Kier molecular flexibility index (Phi) is 5.24. The molecule has 0 bridgehead atoms. The van der Waals surface area contributed by atoms with Crippen LogP contribution in [-0.2, 0) is 4.79 Å². The summed E-state index contributed by atoms with van der Waals surface area (Å²) in [4.78, 5) is 22.6. The molecule has 0 radical (unpaired) electrons. The quantitative estimate of drug-likeness (QED) is 0.635. The number of halogens is 1. The number of nitrogens with one attached hydrogen (secondary N) is 2. The van der Waals surface area contributed by atoms with Crippen LogP contribution in [0.15, 0.2) is 16.6 Å². The van der Waals surface area contributed by atoms with E-state index in [0.717, 1.165) is 0 Å². The first-order chi connectivity index (χ1) is 9.19. The van der Waals surface area contributed by atoms with Crippen LogP contribution in [0.5, 0.6) is 0 Å². The molecule has 0 heterocycles. The Hall–Kier alpha value is -1.47. The molecule has 0 spiro atoms. The van der Waals surface area contributed by atoms with Gasteiger partial charge in [0.25, 0.3) is 5.69 Å². The van der Waals surface area contributed by atoms with Gasteiger partial charge in [-0.3, -0.25) is 14.9 Å². The summed E-state index contributed by atoms with van der Waals surface area (Å²) in [7, 11) is 0. The fourth-order valence-corrected chi connectivity index (χ4v) is 2.31. The van der Waals surface area contributed by atoms with Crippen molar-refractivity contribution in [3.63, 3.8) is 0 Å². The summed E-state index contributed by atoms with van der Waals surface area (Å²) in [5.74, 6) is -0.252. The lowest BCUT2D eigenvalue weighted by molar-refractivity contribution is -0.385. The first-order valence-corrected chi connectivity index (χ1v) is 6.99. The van der Waals surface area contributed by atoms with Crippen LogP contribution in [-0.4, -0.2) is 22.9 Å². The molecule has 1 aromatic carbocycles. The largest absolute Gasteiger partial charge is 0.323 e. The maximum Gasteiger partial charge on any atom is 0.274 e. The zero-order chi connectivity index (χ0) is 15.5. The molecule has 0 aliphatic carbocycles. The number of aryl methyl sites for hydroxylation is 1. The first kappa shape index (κ1) is 16.6. The van der Waals surface area contributed by atoms with Crippen LogP contribution in [0, 0.1) is 17.0 Å². The highest BCUT2D eigenvalue weighted by molar-refractivity contribution is 9.10. The van der Waals surface area contributed by atoms with E-state index in [-0.39, 0.29) is 11.6 Å². The van der Waals surface area contributed by atoms with Gasteiger partial charge in [-0.25, -0.2) is 0 Å². The highest BCUT2D eigenvalue weighted by Crippen LogP contribution is 2.31. The van der Waals surface area contributed by atoms with Gasteiger partial charge in [-0.15, -0.1) is 0 Å². The van der Waals surface area contributed by atoms with E-state index in [0.29, 0.717) is 22.3 Å². The highest BCUT2D eigenvalue weighted by Gasteiger charge is 2.27. The van der Waals surface area contributed by atoms with Crippen molar-refractivity contribution >= 4 is 33.2 Å². The monoisotopic (exact) mass is 343 g/mol. The molecule has 0 aliphatic rings. The second kappa shape index (κ2) is 6.32. The van der Waals surface area contributed by atoms with E-state index in [4.69, 9.17) is 0 Å². The summed E-state index contributed by atoms with van der Waals surface area (Å²) in [6.45, 7) is 7.71. The number of nitro groups is 1. The highest BCUT2D eigenvalue weighted by atomic mass is 79.9. The lowest BCUT2D eigenvalue weighted by Gasteiger charge is -2.24. The number of hydrogen-bond acceptors (Lipinski definition) is 4. The van der Waals surface area contributed by atoms with Crippen LogP contribution in [0.25, 0.3) is 0 Å². The number of anilines is 1. The lowest BCUT2D eigenvalue weighted by Crippen LogP contribution is -2.49. The Labute approximate surface area is 126 Å². The number of likely N-dealkylation sites (N-methyl/N-ethyl adjacent to an activating group) is 1. The molecule has 0 aliphatic heterocycles. The van der Waals surface area contributed by atoms with E-state index in [9.17, 15) is 14.9 Å². The topological polar surface area (TPSA) is 84.3 Å². The predicted molar refractivity (Wildman–Crippen MR) is 81.9 cm³/mol. The van der Waals surface area contributed by atoms with E-state index >= 15 is 0 Å². The van der Waals surface area contributed by atoms with Gasteiger partial charge in [0.05, 0.1) is 16.1 Å². The Morgan fingerprint density at radius 3 is 2.55 bits per heavy atom. The second-order valence-electron chi connectivity index (χ2n) is 4.99. The maximum atomic E-state index is 12.2.